The van der Waals surface area contributed by atoms with E-state index in [1.54, 1.807) is 0 Å². The number of rotatable bonds is 3. The van der Waals surface area contributed by atoms with Gasteiger partial charge in [-0.3, -0.25) is 9.59 Å². The van der Waals surface area contributed by atoms with Crippen molar-refractivity contribution in [2.45, 2.75) is 65.2 Å². The minimum Gasteiger partial charge on any atom is -0.481 e. The van der Waals surface area contributed by atoms with Gasteiger partial charge in [-0.25, -0.2) is 0 Å². The second-order valence-corrected chi connectivity index (χ2v) is 7.26. The molecule has 2 aliphatic rings. The maximum absolute atomic E-state index is 12.6. The molecule has 1 aliphatic heterocycles. The van der Waals surface area contributed by atoms with Gasteiger partial charge in [-0.05, 0) is 31.1 Å². The minimum atomic E-state index is -0.806. The van der Waals surface area contributed by atoms with Gasteiger partial charge in [0.05, 0.1) is 5.41 Å². The molecule has 0 aromatic carbocycles. The molecule has 1 amide bonds. The third-order valence-electron chi connectivity index (χ3n) is 5.69. The van der Waals surface area contributed by atoms with Crippen LogP contribution < -0.4 is 0 Å². The molecule has 1 N–H and O–H groups in total. The van der Waals surface area contributed by atoms with Gasteiger partial charge in [-0.2, -0.15) is 0 Å². The number of nitrogens with zero attached hydrogens (tertiary/aromatic N) is 1. The first-order valence-corrected chi connectivity index (χ1v) is 8.46. The van der Waals surface area contributed by atoms with Gasteiger partial charge in [0.25, 0.3) is 0 Å². The molecule has 0 radical (unpaired) electrons. The normalized spacial score (nSPS) is 29.7. The van der Waals surface area contributed by atoms with Crippen molar-refractivity contribution in [2.75, 3.05) is 13.1 Å². The van der Waals surface area contributed by atoms with E-state index in [1.165, 1.54) is 0 Å². The van der Waals surface area contributed by atoms with Crippen molar-refractivity contribution in [2.24, 2.45) is 17.3 Å². The van der Waals surface area contributed by atoms with Crippen molar-refractivity contribution >= 4 is 11.9 Å². The van der Waals surface area contributed by atoms with E-state index in [-0.39, 0.29) is 12.3 Å². The fourth-order valence-corrected chi connectivity index (χ4v) is 3.76. The van der Waals surface area contributed by atoms with Crippen LogP contribution in [-0.4, -0.2) is 35.0 Å². The Hall–Kier alpha value is -1.06. The highest BCUT2D eigenvalue weighted by atomic mass is 16.4. The Balaban J connectivity index is 2.03. The average molecular weight is 295 g/mol. The van der Waals surface area contributed by atoms with E-state index in [2.05, 4.69) is 13.8 Å². The second kappa shape index (κ2) is 6.80. The molecule has 4 heteroatoms. The number of carboxylic acid groups (broad SMARTS) is 1. The zero-order valence-electron chi connectivity index (χ0n) is 13.4. The highest BCUT2D eigenvalue weighted by molar-refractivity contribution is 5.85. The quantitative estimate of drug-likeness (QED) is 0.813. The number of carbonyl (C=O) groups is 2. The van der Waals surface area contributed by atoms with E-state index >= 15 is 0 Å². The summed E-state index contributed by atoms with van der Waals surface area (Å²) in [4.78, 5) is 26.3. The average Bonchev–Trinajstić information content (AvgIpc) is 2.68. The number of carbonyl (C=O) groups excluding carboxylic acids is 1. The summed E-state index contributed by atoms with van der Waals surface area (Å²) in [5.74, 6) is 0.451. The summed E-state index contributed by atoms with van der Waals surface area (Å²) in [6.07, 6.45) is 6.63. The maximum atomic E-state index is 12.6. The number of piperidine rings is 1. The summed E-state index contributed by atoms with van der Waals surface area (Å²) in [5.41, 5.74) is -0.806. The fraction of sp³-hybridized carbons (Fsp3) is 0.882. The van der Waals surface area contributed by atoms with Crippen LogP contribution in [0.4, 0.5) is 0 Å². The number of hydrogen-bond acceptors (Lipinski definition) is 2. The number of aliphatic carboxylic acids is 1. The molecule has 1 saturated heterocycles. The van der Waals surface area contributed by atoms with Gasteiger partial charge in [0.15, 0.2) is 0 Å². The highest BCUT2D eigenvalue weighted by Gasteiger charge is 2.42. The Kier molecular flexibility index (Phi) is 5.28. The maximum Gasteiger partial charge on any atom is 0.310 e. The zero-order valence-corrected chi connectivity index (χ0v) is 13.4. The van der Waals surface area contributed by atoms with Crippen molar-refractivity contribution in [3.8, 4) is 0 Å². The lowest BCUT2D eigenvalue weighted by atomic mass is 9.76. The van der Waals surface area contributed by atoms with Crippen LogP contribution in [0.3, 0.4) is 0 Å². The molecule has 2 fully saturated rings. The standard InChI is InChI=1S/C17H29NO3/c1-13-7-10-18(12-14(13)2)15(19)11-17(16(20)21)8-5-3-4-6-9-17/h13-14H,3-12H2,1-2H3,(H,20,21). The molecule has 0 spiro atoms. The van der Waals surface area contributed by atoms with Gasteiger partial charge in [-0.15, -0.1) is 0 Å². The molecular formula is C17H29NO3. The van der Waals surface area contributed by atoms with Gasteiger partial charge in [-0.1, -0.05) is 39.5 Å². The summed E-state index contributed by atoms with van der Waals surface area (Å²) in [7, 11) is 0. The van der Waals surface area contributed by atoms with Crippen LogP contribution >= 0.6 is 0 Å². The van der Waals surface area contributed by atoms with Crippen molar-refractivity contribution in [3.05, 3.63) is 0 Å². The summed E-state index contributed by atoms with van der Waals surface area (Å²) in [6, 6.07) is 0. The lowest BCUT2D eigenvalue weighted by Crippen LogP contribution is -2.45. The molecule has 0 bridgehead atoms. The van der Waals surface area contributed by atoms with E-state index in [0.29, 0.717) is 24.7 Å². The zero-order chi connectivity index (χ0) is 15.5. The Bertz CT molecular complexity index is 385. The number of carboxylic acids is 1. The Labute approximate surface area is 127 Å². The van der Waals surface area contributed by atoms with E-state index in [9.17, 15) is 14.7 Å². The van der Waals surface area contributed by atoms with Crippen molar-refractivity contribution < 1.29 is 14.7 Å². The summed E-state index contributed by atoms with van der Waals surface area (Å²) >= 11 is 0. The first kappa shape index (κ1) is 16.3. The van der Waals surface area contributed by atoms with Crippen molar-refractivity contribution in [1.29, 1.82) is 0 Å². The highest BCUT2D eigenvalue weighted by Crippen LogP contribution is 2.39. The van der Waals surface area contributed by atoms with E-state index < -0.39 is 11.4 Å². The fourth-order valence-electron chi connectivity index (χ4n) is 3.76. The Morgan fingerprint density at radius 3 is 2.24 bits per heavy atom. The van der Waals surface area contributed by atoms with Gasteiger partial charge in [0, 0.05) is 19.5 Å². The number of likely N-dealkylation sites (tertiary alicyclic amines) is 1. The third kappa shape index (κ3) is 3.78. The molecule has 4 nitrogen and oxygen atoms in total. The number of hydrogen-bond donors (Lipinski definition) is 1. The minimum absolute atomic E-state index is 0.0537. The number of amides is 1. The second-order valence-electron chi connectivity index (χ2n) is 7.26. The molecule has 0 aromatic rings. The van der Waals surface area contributed by atoms with Gasteiger partial charge in [0.1, 0.15) is 0 Å². The first-order chi connectivity index (χ1) is 9.94. The topological polar surface area (TPSA) is 57.6 Å². The summed E-state index contributed by atoms with van der Waals surface area (Å²) < 4.78 is 0. The molecule has 120 valence electrons. The van der Waals surface area contributed by atoms with Crippen LogP contribution in [0.2, 0.25) is 0 Å². The predicted octanol–water partition coefficient (Wildman–Crippen LogP) is 3.31. The van der Waals surface area contributed by atoms with E-state index in [1.807, 2.05) is 4.90 Å². The van der Waals surface area contributed by atoms with Crippen LogP contribution in [-0.2, 0) is 9.59 Å². The molecule has 0 aromatic heterocycles. The largest absolute Gasteiger partial charge is 0.481 e. The van der Waals surface area contributed by atoms with Crippen LogP contribution in [0, 0.1) is 17.3 Å². The lowest BCUT2D eigenvalue weighted by Gasteiger charge is -2.37. The third-order valence-corrected chi connectivity index (χ3v) is 5.69. The molecule has 2 unspecified atom stereocenters. The van der Waals surface area contributed by atoms with Crippen LogP contribution in [0.1, 0.15) is 65.2 Å². The van der Waals surface area contributed by atoms with Crippen LogP contribution in [0.5, 0.6) is 0 Å². The smallest absolute Gasteiger partial charge is 0.310 e. The Morgan fingerprint density at radius 1 is 1.10 bits per heavy atom. The molecule has 1 aliphatic carbocycles. The molecule has 1 saturated carbocycles. The van der Waals surface area contributed by atoms with Gasteiger partial charge in [0.2, 0.25) is 5.91 Å². The predicted molar refractivity (Wildman–Crippen MR) is 81.9 cm³/mol. The van der Waals surface area contributed by atoms with Crippen molar-refractivity contribution in [1.82, 2.24) is 4.90 Å². The monoisotopic (exact) mass is 295 g/mol. The van der Waals surface area contributed by atoms with E-state index in [4.69, 9.17) is 0 Å². The Morgan fingerprint density at radius 2 is 1.71 bits per heavy atom. The molecular weight excluding hydrogens is 266 g/mol. The van der Waals surface area contributed by atoms with E-state index in [0.717, 1.165) is 45.2 Å². The van der Waals surface area contributed by atoms with Crippen LogP contribution in [0.15, 0.2) is 0 Å². The lowest BCUT2D eigenvalue weighted by molar-refractivity contribution is -0.155. The van der Waals surface area contributed by atoms with Crippen LogP contribution in [0.25, 0.3) is 0 Å². The molecule has 1 heterocycles. The first-order valence-electron chi connectivity index (χ1n) is 8.46. The SMILES string of the molecule is CC1CCN(C(=O)CC2(C(=O)O)CCCCCC2)CC1C. The molecule has 21 heavy (non-hydrogen) atoms. The molecule has 2 atom stereocenters. The van der Waals surface area contributed by atoms with Crippen molar-refractivity contribution in [3.63, 3.8) is 0 Å². The van der Waals surface area contributed by atoms with Gasteiger partial charge < -0.3 is 10.0 Å². The molecule has 2 rings (SSSR count). The van der Waals surface area contributed by atoms with Gasteiger partial charge >= 0.3 is 5.97 Å². The summed E-state index contributed by atoms with van der Waals surface area (Å²) in [5, 5.41) is 9.68. The summed E-state index contributed by atoms with van der Waals surface area (Å²) in [6.45, 7) is 6.00.